The molecule has 0 heterocycles. The van der Waals surface area contributed by atoms with Gasteiger partial charge in [0, 0.05) is 0 Å². The molecule has 0 fully saturated rings. The Labute approximate surface area is 158 Å². The molecule has 2 aromatic rings. The fourth-order valence-electron chi connectivity index (χ4n) is 2.44. The highest BCUT2D eigenvalue weighted by Crippen LogP contribution is 2.41. The van der Waals surface area contributed by atoms with Gasteiger partial charge in [-0.25, -0.2) is 4.99 Å². The predicted octanol–water partition coefficient (Wildman–Crippen LogP) is 2.89. The first-order valence-electron chi connectivity index (χ1n) is 7.95. The lowest BCUT2D eigenvalue weighted by molar-refractivity contribution is -0.142. The Morgan fingerprint density at radius 2 is 1.89 bits per heavy atom. The summed E-state index contributed by atoms with van der Waals surface area (Å²) in [4.78, 5) is 26.9. The zero-order valence-electron chi connectivity index (χ0n) is 14.7. The van der Waals surface area contributed by atoms with E-state index in [1.54, 1.807) is 18.2 Å². The number of nitrogens with zero attached hydrogens (tertiary/aromatic N) is 1. The van der Waals surface area contributed by atoms with Gasteiger partial charge in [0.2, 0.25) is 6.41 Å². The van der Waals surface area contributed by atoms with E-state index in [2.05, 4.69) is 4.99 Å². The van der Waals surface area contributed by atoms with E-state index in [4.69, 9.17) is 16.2 Å². The van der Waals surface area contributed by atoms with Crippen molar-refractivity contribution >= 4 is 29.7 Å². The number of hydrogen-bond acceptors (Lipinski definition) is 4. The van der Waals surface area contributed by atoms with Gasteiger partial charge in [0.25, 0.3) is 0 Å². The number of benzene rings is 2. The summed E-state index contributed by atoms with van der Waals surface area (Å²) in [6, 6.07) is 9.57. The number of alkyl halides is 3. The Bertz CT molecular complexity index is 909. The second-order valence-electron chi connectivity index (χ2n) is 5.71. The van der Waals surface area contributed by atoms with Gasteiger partial charge in [-0.05, 0) is 36.8 Å². The van der Waals surface area contributed by atoms with Gasteiger partial charge in [-0.15, -0.1) is 0 Å². The maximum Gasteiger partial charge on any atom is 0.422 e. The Hall–Kier alpha value is -3.56. The Balaban J connectivity index is 2.33. The second kappa shape index (κ2) is 8.42. The summed E-state index contributed by atoms with van der Waals surface area (Å²) in [6.07, 6.45) is -4.74. The van der Waals surface area contributed by atoms with Gasteiger partial charge in [-0.1, -0.05) is 18.2 Å². The van der Waals surface area contributed by atoms with Crippen molar-refractivity contribution in [3.63, 3.8) is 0 Å². The van der Waals surface area contributed by atoms with Crippen LogP contribution in [0.25, 0.3) is 0 Å². The number of aliphatic imine (C=N–C) groups is 1. The van der Waals surface area contributed by atoms with Gasteiger partial charge in [-0.2, -0.15) is 13.2 Å². The smallest absolute Gasteiger partial charge is 0.422 e. The third kappa shape index (κ3) is 5.00. The monoisotopic (exact) mass is 394 g/mol. The van der Waals surface area contributed by atoms with Crippen molar-refractivity contribution in [3.05, 3.63) is 53.6 Å². The molecule has 2 rings (SSSR count). The number of ether oxygens (including phenoxy) is 1. The quantitative estimate of drug-likeness (QED) is 0.229. The van der Waals surface area contributed by atoms with Gasteiger partial charge < -0.3 is 21.5 Å². The van der Waals surface area contributed by atoms with Crippen LogP contribution < -0.4 is 21.5 Å². The number of hydrogen-bond donors (Lipinski definition) is 3. The maximum atomic E-state index is 13.4. The number of esters is 1. The molecular formula is C18H17F3N4O3. The number of carbonyl (C=O) groups is 2. The molecule has 0 radical (unpaired) electrons. The summed E-state index contributed by atoms with van der Waals surface area (Å²) in [5.41, 5.74) is 9.67. The van der Waals surface area contributed by atoms with Gasteiger partial charge in [0.1, 0.15) is 11.3 Å². The highest BCUT2D eigenvalue weighted by Gasteiger charge is 2.38. The molecule has 2 aromatic carbocycles. The van der Waals surface area contributed by atoms with E-state index in [1.165, 1.54) is 19.1 Å². The number of nitrogens with one attached hydrogen (secondary N) is 1. The molecule has 0 aliphatic rings. The maximum absolute atomic E-state index is 13.4. The summed E-state index contributed by atoms with van der Waals surface area (Å²) in [7, 11) is 0. The van der Waals surface area contributed by atoms with Crippen molar-refractivity contribution in [2.45, 2.75) is 19.0 Å². The van der Waals surface area contributed by atoms with Gasteiger partial charge in [0.15, 0.2) is 5.96 Å². The summed E-state index contributed by atoms with van der Waals surface area (Å²) in [5.74, 6) is -2.72. The van der Waals surface area contributed by atoms with Crippen LogP contribution in [0, 0.1) is 0 Å². The molecule has 1 unspecified atom stereocenters. The lowest BCUT2D eigenvalue weighted by Gasteiger charge is -2.18. The normalized spacial score (nSPS) is 12.0. The molecule has 0 aromatic heterocycles. The van der Waals surface area contributed by atoms with Crippen LogP contribution in [0.1, 0.15) is 24.0 Å². The van der Waals surface area contributed by atoms with Crippen LogP contribution in [0.3, 0.4) is 0 Å². The van der Waals surface area contributed by atoms with Crippen LogP contribution in [-0.4, -0.2) is 18.3 Å². The van der Waals surface area contributed by atoms with Gasteiger partial charge in [-0.3, -0.25) is 9.59 Å². The zero-order valence-corrected chi connectivity index (χ0v) is 14.7. The van der Waals surface area contributed by atoms with Crippen molar-refractivity contribution in [2.24, 2.45) is 16.5 Å². The van der Waals surface area contributed by atoms with E-state index in [-0.39, 0.29) is 12.4 Å². The Morgan fingerprint density at radius 1 is 1.21 bits per heavy atom. The van der Waals surface area contributed by atoms with Crippen molar-refractivity contribution in [1.82, 2.24) is 0 Å². The average Bonchev–Trinajstić information content (AvgIpc) is 2.60. The van der Waals surface area contributed by atoms with Crippen molar-refractivity contribution < 1.29 is 27.5 Å². The minimum Gasteiger partial charge on any atom is -0.425 e. The molecule has 1 amide bonds. The Kier molecular flexibility index (Phi) is 6.24. The first kappa shape index (κ1) is 20.7. The lowest BCUT2D eigenvalue weighted by Crippen LogP contribution is -2.22. The van der Waals surface area contributed by atoms with E-state index in [1.807, 2.05) is 5.32 Å². The molecule has 0 saturated carbocycles. The minimum absolute atomic E-state index is 0.105. The largest absolute Gasteiger partial charge is 0.425 e. The standard InChI is InChI=1S/C18H17F3N4O3/c1-10(11-4-2-5-12(8-11)25-17(22)23)16(27)28-14-7-3-6-13(24-9-26)15(14)18(19,20)21/h2-10H,1H3,(H,24,26)(H4,22,23,25). The van der Waals surface area contributed by atoms with Gasteiger partial charge in [0.05, 0.1) is 17.3 Å². The molecule has 5 N–H and O–H groups in total. The summed E-state index contributed by atoms with van der Waals surface area (Å²) in [6.45, 7) is 1.47. The van der Waals surface area contributed by atoms with E-state index >= 15 is 0 Å². The average molecular weight is 394 g/mol. The molecule has 0 aliphatic heterocycles. The summed E-state index contributed by atoms with van der Waals surface area (Å²) < 4.78 is 45.2. The SMILES string of the molecule is CC(C(=O)Oc1cccc(NC=O)c1C(F)(F)F)c1cccc(N=C(N)N)c1. The molecule has 7 nitrogen and oxygen atoms in total. The molecule has 1 atom stereocenters. The number of rotatable bonds is 6. The third-order valence-electron chi connectivity index (χ3n) is 3.72. The molecule has 0 bridgehead atoms. The summed E-state index contributed by atoms with van der Waals surface area (Å²) in [5, 5.41) is 1.95. The van der Waals surface area contributed by atoms with E-state index in [0.717, 1.165) is 12.1 Å². The fraction of sp³-hybridized carbons (Fsp3) is 0.167. The molecule has 0 aliphatic carbocycles. The highest BCUT2D eigenvalue weighted by atomic mass is 19.4. The molecule has 0 spiro atoms. The number of anilines is 1. The zero-order chi connectivity index (χ0) is 20.9. The van der Waals surface area contributed by atoms with Crippen molar-refractivity contribution in [2.75, 3.05) is 5.32 Å². The van der Waals surface area contributed by atoms with E-state index < -0.39 is 35.1 Å². The van der Waals surface area contributed by atoms with E-state index in [0.29, 0.717) is 11.3 Å². The first-order chi connectivity index (χ1) is 13.1. The fourth-order valence-corrected chi connectivity index (χ4v) is 2.44. The first-order valence-corrected chi connectivity index (χ1v) is 7.95. The van der Waals surface area contributed by atoms with Gasteiger partial charge >= 0.3 is 12.1 Å². The molecule has 0 saturated heterocycles. The minimum atomic E-state index is -4.85. The Morgan fingerprint density at radius 3 is 2.50 bits per heavy atom. The lowest BCUT2D eigenvalue weighted by atomic mass is 10.0. The number of halogens is 3. The topological polar surface area (TPSA) is 120 Å². The molecular weight excluding hydrogens is 377 g/mol. The predicted molar refractivity (Wildman–Crippen MR) is 97.1 cm³/mol. The van der Waals surface area contributed by atoms with Crippen LogP contribution in [-0.2, 0) is 15.8 Å². The number of nitrogens with two attached hydrogens (primary N) is 2. The van der Waals surface area contributed by atoms with Crippen LogP contribution in [0.5, 0.6) is 5.75 Å². The van der Waals surface area contributed by atoms with Crippen LogP contribution >= 0.6 is 0 Å². The molecule has 28 heavy (non-hydrogen) atoms. The highest BCUT2D eigenvalue weighted by molar-refractivity contribution is 5.83. The number of carbonyl (C=O) groups excluding carboxylic acids is 2. The van der Waals surface area contributed by atoms with Crippen LogP contribution in [0.15, 0.2) is 47.5 Å². The van der Waals surface area contributed by atoms with E-state index in [9.17, 15) is 22.8 Å². The second-order valence-corrected chi connectivity index (χ2v) is 5.71. The molecule has 148 valence electrons. The summed E-state index contributed by atoms with van der Waals surface area (Å²) >= 11 is 0. The van der Waals surface area contributed by atoms with Crippen LogP contribution in [0.4, 0.5) is 24.5 Å². The molecule has 10 heteroatoms. The number of amides is 1. The number of guanidine groups is 1. The van der Waals surface area contributed by atoms with Crippen molar-refractivity contribution in [1.29, 1.82) is 0 Å². The van der Waals surface area contributed by atoms with Crippen LogP contribution in [0.2, 0.25) is 0 Å². The van der Waals surface area contributed by atoms with Crippen molar-refractivity contribution in [3.8, 4) is 5.75 Å². The third-order valence-corrected chi connectivity index (χ3v) is 3.72.